The van der Waals surface area contributed by atoms with Crippen LogP contribution in [0.4, 0.5) is 5.13 Å². The predicted octanol–water partition coefficient (Wildman–Crippen LogP) is 4.61. The Kier molecular flexibility index (Phi) is 8.76. The molecular weight excluding hydrogens is 461 g/mol. The second kappa shape index (κ2) is 10.9. The first-order chi connectivity index (χ1) is 14.4. The SMILES string of the molecule is COc1cc(C(=O)N(CCN(C)C)c2nc3c(Cl)cccc3s2)cc(OC)c1OC.Cl. The summed E-state index contributed by atoms with van der Waals surface area (Å²) < 4.78 is 17.1. The standard InChI is InChI=1S/C21H24ClN3O4S.ClH/c1-24(2)9-10-25(21-23-18-14(22)7-6-8-17(18)30-21)20(26)13-11-15(27-3)19(29-5)16(12-13)28-4;/h6-8,11-12H,9-10H2,1-5H3;1H. The number of aromatic nitrogens is 1. The molecule has 0 spiro atoms. The van der Waals surface area contributed by atoms with Crippen LogP contribution in [0.2, 0.25) is 5.02 Å². The van der Waals surface area contributed by atoms with Gasteiger partial charge in [0.15, 0.2) is 16.6 Å². The number of likely N-dealkylation sites (N-methyl/N-ethyl adjacent to an activating group) is 1. The highest BCUT2D eigenvalue weighted by atomic mass is 35.5. The third-order valence-corrected chi connectivity index (χ3v) is 5.87. The number of carbonyl (C=O) groups is 1. The highest BCUT2D eigenvalue weighted by Gasteiger charge is 2.25. The van der Waals surface area contributed by atoms with Crippen LogP contribution >= 0.6 is 35.3 Å². The average Bonchev–Trinajstić information content (AvgIpc) is 3.17. The number of hydrogen-bond donors (Lipinski definition) is 0. The Hall–Kier alpha value is -2.26. The van der Waals surface area contributed by atoms with Gasteiger partial charge in [-0.25, -0.2) is 4.98 Å². The van der Waals surface area contributed by atoms with Crippen molar-refractivity contribution in [2.45, 2.75) is 0 Å². The zero-order valence-corrected chi connectivity index (χ0v) is 20.4. The molecule has 0 aliphatic carbocycles. The van der Waals surface area contributed by atoms with Crippen LogP contribution in [0.25, 0.3) is 10.2 Å². The second-order valence-electron chi connectivity index (χ2n) is 6.76. The summed E-state index contributed by atoms with van der Waals surface area (Å²) in [6.07, 6.45) is 0. The summed E-state index contributed by atoms with van der Waals surface area (Å²) in [5.41, 5.74) is 1.10. The average molecular weight is 486 g/mol. The van der Waals surface area contributed by atoms with Gasteiger partial charge in [0.05, 0.1) is 31.1 Å². The molecule has 1 aromatic heterocycles. The van der Waals surface area contributed by atoms with Crippen molar-refractivity contribution >= 4 is 56.6 Å². The Morgan fingerprint density at radius 2 is 1.71 bits per heavy atom. The number of anilines is 1. The largest absolute Gasteiger partial charge is 0.493 e. The minimum Gasteiger partial charge on any atom is -0.493 e. The van der Waals surface area contributed by atoms with E-state index in [9.17, 15) is 4.79 Å². The van der Waals surface area contributed by atoms with E-state index in [0.717, 1.165) is 4.70 Å². The normalized spacial score (nSPS) is 10.7. The van der Waals surface area contributed by atoms with E-state index in [0.29, 0.717) is 51.6 Å². The van der Waals surface area contributed by atoms with Gasteiger partial charge in [0.25, 0.3) is 5.91 Å². The van der Waals surface area contributed by atoms with E-state index in [2.05, 4.69) is 4.98 Å². The van der Waals surface area contributed by atoms with Gasteiger partial charge < -0.3 is 19.1 Å². The Morgan fingerprint density at radius 3 is 2.23 bits per heavy atom. The first kappa shape index (κ1) is 25.0. The molecule has 2 aromatic carbocycles. The van der Waals surface area contributed by atoms with E-state index in [1.807, 2.05) is 31.1 Å². The van der Waals surface area contributed by atoms with Gasteiger partial charge in [-0.15, -0.1) is 12.4 Å². The van der Waals surface area contributed by atoms with Crippen molar-refractivity contribution in [3.63, 3.8) is 0 Å². The molecule has 10 heteroatoms. The Bertz CT molecular complexity index is 1030. The third kappa shape index (κ3) is 5.33. The molecule has 0 bridgehead atoms. The topological polar surface area (TPSA) is 64.1 Å². The molecule has 0 N–H and O–H groups in total. The number of thiazole rings is 1. The molecule has 0 aliphatic rings. The fraction of sp³-hybridized carbons (Fsp3) is 0.333. The van der Waals surface area contributed by atoms with Crippen molar-refractivity contribution in [3.8, 4) is 17.2 Å². The first-order valence-corrected chi connectivity index (χ1v) is 10.4. The maximum absolute atomic E-state index is 13.5. The van der Waals surface area contributed by atoms with Crippen molar-refractivity contribution in [1.29, 1.82) is 0 Å². The molecule has 7 nitrogen and oxygen atoms in total. The molecule has 3 aromatic rings. The van der Waals surface area contributed by atoms with Gasteiger partial charge in [0.2, 0.25) is 5.75 Å². The molecule has 0 radical (unpaired) electrons. The highest BCUT2D eigenvalue weighted by Crippen LogP contribution is 2.39. The minimum absolute atomic E-state index is 0. The zero-order chi connectivity index (χ0) is 21.8. The van der Waals surface area contributed by atoms with Crippen LogP contribution in [0.5, 0.6) is 17.2 Å². The quantitative estimate of drug-likeness (QED) is 0.464. The summed E-state index contributed by atoms with van der Waals surface area (Å²) in [6.45, 7) is 1.12. The van der Waals surface area contributed by atoms with E-state index < -0.39 is 0 Å². The molecule has 0 aliphatic heterocycles. The fourth-order valence-electron chi connectivity index (χ4n) is 2.96. The first-order valence-electron chi connectivity index (χ1n) is 9.21. The lowest BCUT2D eigenvalue weighted by atomic mass is 10.1. The van der Waals surface area contributed by atoms with Crippen molar-refractivity contribution < 1.29 is 19.0 Å². The summed E-state index contributed by atoms with van der Waals surface area (Å²) in [4.78, 5) is 21.9. The van der Waals surface area contributed by atoms with Gasteiger partial charge in [-0.2, -0.15) is 0 Å². The van der Waals surface area contributed by atoms with Crippen molar-refractivity contribution in [2.24, 2.45) is 0 Å². The molecule has 1 heterocycles. The van der Waals surface area contributed by atoms with Crippen LogP contribution in [0.15, 0.2) is 30.3 Å². The summed E-state index contributed by atoms with van der Waals surface area (Å²) in [5.74, 6) is 1.05. The second-order valence-corrected chi connectivity index (χ2v) is 8.17. The summed E-state index contributed by atoms with van der Waals surface area (Å²) >= 11 is 7.72. The number of ether oxygens (including phenoxy) is 3. The van der Waals surface area contributed by atoms with Crippen molar-refractivity contribution in [3.05, 3.63) is 40.9 Å². The lowest BCUT2D eigenvalue weighted by Gasteiger charge is -2.23. The lowest BCUT2D eigenvalue weighted by Crippen LogP contribution is -2.36. The predicted molar refractivity (Wildman–Crippen MR) is 128 cm³/mol. The van der Waals surface area contributed by atoms with Crippen LogP contribution in [0, 0.1) is 0 Å². The summed E-state index contributed by atoms with van der Waals surface area (Å²) in [7, 11) is 8.47. The summed E-state index contributed by atoms with van der Waals surface area (Å²) in [5, 5.41) is 1.14. The number of carbonyl (C=O) groups excluding carboxylic acids is 1. The molecular formula is C21H25Cl2N3O4S. The van der Waals surface area contributed by atoms with Gasteiger partial charge in [-0.1, -0.05) is 29.0 Å². The van der Waals surface area contributed by atoms with Crippen LogP contribution < -0.4 is 19.1 Å². The number of hydrogen-bond acceptors (Lipinski definition) is 7. The van der Waals surface area contributed by atoms with E-state index in [-0.39, 0.29) is 18.3 Å². The summed E-state index contributed by atoms with van der Waals surface area (Å²) in [6, 6.07) is 8.89. The number of benzene rings is 2. The van der Waals surface area contributed by atoms with Gasteiger partial charge in [0.1, 0.15) is 5.52 Å². The lowest BCUT2D eigenvalue weighted by molar-refractivity contribution is 0.0984. The highest BCUT2D eigenvalue weighted by molar-refractivity contribution is 7.22. The van der Waals surface area contributed by atoms with Crippen molar-refractivity contribution in [1.82, 2.24) is 9.88 Å². The molecule has 0 saturated carbocycles. The number of nitrogens with zero attached hydrogens (tertiary/aromatic N) is 3. The number of fused-ring (bicyclic) bond motifs is 1. The monoisotopic (exact) mass is 485 g/mol. The maximum atomic E-state index is 13.5. The third-order valence-electron chi connectivity index (χ3n) is 4.52. The van der Waals surface area contributed by atoms with Gasteiger partial charge in [-0.3, -0.25) is 9.69 Å². The van der Waals surface area contributed by atoms with Gasteiger partial charge in [0, 0.05) is 18.7 Å². The molecule has 0 saturated heterocycles. The molecule has 3 rings (SSSR count). The van der Waals surface area contributed by atoms with E-state index in [1.54, 1.807) is 23.1 Å². The van der Waals surface area contributed by atoms with E-state index in [1.165, 1.54) is 32.7 Å². The fourth-order valence-corrected chi connectivity index (χ4v) is 4.25. The maximum Gasteiger partial charge on any atom is 0.260 e. The number of amides is 1. The Balaban J connectivity index is 0.00000341. The number of para-hydroxylation sites is 1. The number of methoxy groups -OCH3 is 3. The molecule has 31 heavy (non-hydrogen) atoms. The van der Waals surface area contributed by atoms with Crippen LogP contribution in [0.3, 0.4) is 0 Å². The molecule has 0 unspecified atom stereocenters. The molecule has 1 amide bonds. The molecule has 0 atom stereocenters. The Morgan fingerprint density at radius 1 is 1.06 bits per heavy atom. The number of halogens is 2. The van der Waals surface area contributed by atoms with Gasteiger partial charge >= 0.3 is 0 Å². The Labute approximate surface area is 196 Å². The van der Waals surface area contributed by atoms with Crippen LogP contribution in [-0.2, 0) is 0 Å². The molecule has 0 fully saturated rings. The smallest absolute Gasteiger partial charge is 0.260 e. The minimum atomic E-state index is -0.216. The zero-order valence-electron chi connectivity index (χ0n) is 18.0. The van der Waals surface area contributed by atoms with Gasteiger partial charge in [-0.05, 0) is 38.4 Å². The van der Waals surface area contributed by atoms with E-state index in [4.69, 9.17) is 25.8 Å². The van der Waals surface area contributed by atoms with Crippen LogP contribution in [-0.4, -0.2) is 64.3 Å². The van der Waals surface area contributed by atoms with Crippen LogP contribution in [0.1, 0.15) is 10.4 Å². The van der Waals surface area contributed by atoms with E-state index >= 15 is 0 Å². The molecule has 168 valence electrons. The number of rotatable bonds is 8. The van der Waals surface area contributed by atoms with Crippen molar-refractivity contribution in [2.75, 3.05) is 53.4 Å².